The van der Waals surface area contributed by atoms with E-state index in [2.05, 4.69) is 0 Å². The Balaban J connectivity index is 2.27. The molecule has 0 bridgehead atoms. The Bertz CT molecular complexity index is 600. The van der Waals surface area contributed by atoms with Crippen molar-refractivity contribution in [3.8, 4) is 0 Å². The number of halogens is 2. The van der Waals surface area contributed by atoms with Crippen LogP contribution in [0.15, 0.2) is 28.7 Å². The number of furan rings is 1. The normalized spacial score (nSPS) is 10.7. The third kappa shape index (κ3) is 2.60. The van der Waals surface area contributed by atoms with Gasteiger partial charge in [0.15, 0.2) is 5.78 Å². The molecule has 0 aliphatic carbocycles. The van der Waals surface area contributed by atoms with Gasteiger partial charge in [0.25, 0.3) is 0 Å². The summed E-state index contributed by atoms with van der Waals surface area (Å²) >= 11 is 12.0. The van der Waals surface area contributed by atoms with Crippen LogP contribution in [0.5, 0.6) is 0 Å². The fourth-order valence-electron chi connectivity index (χ4n) is 1.86. The van der Waals surface area contributed by atoms with E-state index >= 15 is 0 Å². The van der Waals surface area contributed by atoms with Crippen molar-refractivity contribution in [2.75, 3.05) is 0 Å². The van der Waals surface area contributed by atoms with Crippen molar-refractivity contribution < 1.29 is 9.21 Å². The molecule has 2 aromatic rings. The lowest BCUT2D eigenvalue weighted by Gasteiger charge is -2.04. The van der Waals surface area contributed by atoms with Crippen molar-refractivity contribution in [1.29, 1.82) is 0 Å². The molecular formula is C14H12Cl2O2. The zero-order valence-corrected chi connectivity index (χ0v) is 11.6. The Hall–Kier alpha value is -1.25. The van der Waals surface area contributed by atoms with Crippen LogP contribution in [-0.4, -0.2) is 5.78 Å². The van der Waals surface area contributed by atoms with Gasteiger partial charge in [0, 0.05) is 6.42 Å². The van der Waals surface area contributed by atoms with Gasteiger partial charge in [-0.15, -0.1) is 0 Å². The maximum absolute atomic E-state index is 12.2. The number of benzene rings is 1. The van der Waals surface area contributed by atoms with E-state index in [1.807, 2.05) is 6.92 Å². The molecule has 18 heavy (non-hydrogen) atoms. The van der Waals surface area contributed by atoms with E-state index in [0.717, 1.165) is 11.3 Å². The summed E-state index contributed by atoms with van der Waals surface area (Å²) in [6, 6.07) is 7.03. The number of carbonyl (C=O) groups excluding carboxylic acids is 1. The summed E-state index contributed by atoms with van der Waals surface area (Å²) in [4.78, 5) is 12.2. The van der Waals surface area contributed by atoms with Crippen LogP contribution in [0.25, 0.3) is 0 Å². The predicted molar refractivity (Wildman–Crippen MR) is 72.7 cm³/mol. The van der Waals surface area contributed by atoms with Crippen molar-refractivity contribution in [2.45, 2.75) is 20.3 Å². The summed E-state index contributed by atoms with van der Waals surface area (Å²) in [7, 11) is 0. The first kappa shape index (κ1) is 13.2. The third-order valence-electron chi connectivity index (χ3n) is 2.72. The van der Waals surface area contributed by atoms with Gasteiger partial charge in [-0.3, -0.25) is 4.79 Å². The second-order valence-electron chi connectivity index (χ2n) is 4.14. The van der Waals surface area contributed by atoms with Crippen LogP contribution < -0.4 is 0 Å². The van der Waals surface area contributed by atoms with E-state index in [0.29, 0.717) is 21.4 Å². The topological polar surface area (TPSA) is 30.2 Å². The summed E-state index contributed by atoms with van der Waals surface area (Å²) in [5.74, 6) is 1.34. The van der Waals surface area contributed by atoms with Gasteiger partial charge in [-0.1, -0.05) is 35.3 Å². The molecule has 1 aromatic carbocycles. The van der Waals surface area contributed by atoms with Gasteiger partial charge in [-0.05, 0) is 31.5 Å². The van der Waals surface area contributed by atoms with Crippen molar-refractivity contribution in [1.82, 2.24) is 0 Å². The molecule has 0 aliphatic rings. The Morgan fingerprint density at radius 1 is 1.28 bits per heavy atom. The average Bonchev–Trinajstić information content (AvgIpc) is 2.64. The number of rotatable bonds is 3. The summed E-state index contributed by atoms with van der Waals surface area (Å²) in [6.07, 6.45) is 0.221. The van der Waals surface area contributed by atoms with Crippen molar-refractivity contribution in [2.24, 2.45) is 0 Å². The highest BCUT2D eigenvalue weighted by Gasteiger charge is 2.16. The van der Waals surface area contributed by atoms with Crippen LogP contribution >= 0.6 is 23.2 Å². The quantitative estimate of drug-likeness (QED) is 0.769. The Morgan fingerprint density at radius 2 is 2.00 bits per heavy atom. The van der Waals surface area contributed by atoms with E-state index in [9.17, 15) is 4.79 Å². The minimum absolute atomic E-state index is 0.0199. The van der Waals surface area contributed by atoms with E-state index < -0.39 is 0 Å². The monoisotopic (exact) mass is 282 g/mol. The zero-order valence-electron chi connectivity index (χ0n) is 10.1. The van der Waals surface area contributed by atoms with E-state index in [1.165, 1.54) is 0 Å². The van der Waals surface area contributed by atoms with Gasteiger partial charge < -0.3 is 4.42 Å². The van der Waals surface area contributed by atoms with Crippen molar-refractivity contribution in [3.63, 3.8) is 0 Å². The Kier molecular flexibility index (Phi) is 3.79. The molecule has 2 nitrogen and oxygen atoms in total. The van der Waals surface area contributed by atoms with Gasteiger partial charge in [0.1, 0.15) is 11.5 Å². The van der Waals surface area contributed by atoms with Crippen molar-refractivity contribution in [3.05, 3.63) is 57.0 Å². The van der Waals surface area contributed by atoms with Gasteiger partial charge in [0.05, 0.1) is 15.6 Å². The molecule has 0 saturated carbocycles. The Labute approximate surface area is 116 Å². The second-order valence-corrected chi connectivity index (χ2v) is 4.92. The highest BCUT2D eigenvalue weighted by atomic mass is 35.5. The zero-order chi connectivity index (χ0) is 13.3. The molecule has 0 N–H and O–H groups in total. The average molecular weight is 283 g/mol. The number of Topliss-reactive ketones (excluding diaryl/α,β-unsaturated/α-hetero) is 1. The molecule has 94 valence electrons. The predicted octanol–water partition coefficient (Wildman–Crippen LogP) is 4.63. The lowest BCUT2D eigenvalue weighted by molar-refractivity contribution is 0.0991. The van der Waals surface area contributed by atoms with Gasteiger partial charge >= 0.3 is 0 Å². The summed E-state index contributed by atoms with van der Waals surface area (Å²) in [5.41, 5.74) is 1.33. The standard InChI is InChI=1S/C14H12Cl2O2/c1-8-6-11(9(2)18-8)13(17)7-10-4-3-5-12(15)14(10)16/h3-6H,7H2,1-2H3. The molecule has 1 aromatic heterocycles. The smallest absolute Gasteiger partial charge is 0.170 e. The van der Waals surface area contributed by atoms with E-state index in [-0.39, 0.29) is 12.2 Å². The SMILES string of the molecule is Cc1cc(C(=O)Cc2cccc(Cl)c2Cl)c(C)o1. The molecular weight excluding hydrogens is 271 g/mol. The molecule has 0 spiro atoms. The van der Waals surface area contributed by atoms with Crippen LogP contribution in [-0.2, 0) is 6.42 Å². The van der Waals surface area contributed by atoms with Gasteiger partial charge in [0.2, 0.25) is 0 Å². The lowest BCUT2D eigenvalue weighted by atomic mass is 10.0. The molecule has 0 atom stereocenters. The maximum Gasteiger partial charge on any atom is 0.170 e. The molecule has 0 radical (unpaired) electrons. The highest BCUT2D eigenvalue weighted by molar-refractivity contribution is 6.42. The van der Waals surface area contributed by atoms with Crippen LogP contribution in [0.1, 0.15) is 27.4 Å². The molecule has 0 aliphatic heterocycles. The van der Waals surface area contributed by atoms with Crippen LogP contribution in [0.2, 0.25) is 10.0 Å². The summed E-state index contributed by atoms with van der Waals surface area (Å²) < 4.78 is 5.35. The number of carbonyl (C=O) groups is 1. The molecule has 2 rings (SSSR count). The minimum Gasteiger partial charge on any atom is -0.466 e. The number of ketones is 1. The van der Waals surface area contributed by atoms with Crippen molar-refractivity contribution >= 4 is 29.0 Å². The first-order chi connectivity index (χ1) is 8.49. The largest absolute Gasteiger partial charge is 0.466 e. The Morgan fingerprint density at radius 3 is 2.61 bits per heavy atom. The maximum atomic E-state index is 12.2. The van der Waals surface area contributed by atoms with E-state index in [4.69, 9.17) is 27.6 Å². The fraction of sp³-hybridized carbons (Fsp3) is 0.214. The number of hydrogen-bond donors (Lipinski definition) is 0. The number of hydrogen-bond acceptors (Lipinski definition) is 2. The highest BCUT2D eigenvalue weighted by Crippen LogP contribution is 2.27. The molecule has 0 saturated heterocycles. The van der Waals surface area contributed by atoms with Crippen LogP contribution in [0.4, 0.5) is 0 Å². The van der Waals surface area contributed by atoms with Crippen LogP contribution in [0, 0.1) is 13.8 Å². The van der Waals surface area contributed by atoms with Crippen LogP contribution in [0.3, 0.4) is 0 Å². The summed E-state index contributed by atoms with van der Waals surface area (Å²) in [5, 5.41) is 0.896. The number of aryl methyl sites for hydroxylation is 2. The molecule has 0 unspecified atom stereocenters. The third-order valence-corrected chi connectivity index (χ3v) is 3.58. The van der Waals surface area contributed by atoms with Gasteiger partial charge in [-0.2, -0.15) is 0 Å². The molecule has 0 amide bonds. The summed E-state index contributed by atoms with van der Waals surface area (Å²) in [6.45, 7) is 3.59. The first-order valence-corrected chi connectivity index (χ1v) is 6.27. The molecule has 4 heteroatoms. The molecule has 0 fully saturated rings. The lowest BCUT2D eigenvalue weighted by Crippen LogP contribution is -2.04. The minimum atomic E-state index is -0.0199. The first-order valence-electron chi connectivity index (χ1n) is 5.52. The van der Waals surface area contributed by atoms with E-state index in [1.54, 1.807) is 31.2 Å². The second kappa shape index (κ2) is 5.17. The van der Waals surface area contributed by atoms with Gasteiger partial charge in [-0.25, -0.2) is 0 Å². The molecule has 1 heterocycles. The fourth-order valence-corrected chi connectivity index (χ4v) is 2.25.